The van der Waals surface area contributed by atoms with Crippen LogP contribution in [-0.2, 0) is 0 Å². The van der Waals surface area contributed by atoms with Crippen LogP contribution in [-0.4, -0.2) is 36.3 Å². The molecule has 1 aliphatic carbocycles. The van der Waals surface area contributed by atoms with Crippen molar-refractivity contribution in [1.82, 2.24) is 5.32 Å². The Morgan fingerprint density at radius 1 is 1.12 bits per heavy atom. The third-order valence-electron chi connectivity index (χ3n) is 4.78. The van der Waals surface area contributed by atoms with E-state index in [4.69, 9.17) is 4.74 Å². The number of alkyl halides is 6. The number of carbonyl (C=O) groups excluding carboxylic acids is 1. The molecule has 0 saturated carbocycles. The number of hydrogen-bond acceptors (Lipinski definition) is 3. The van der Waals surface area contributed by atoms with Crippen molar-refractivity contribution in [2.45, 2.75) is 29.9 Å². The minimum atomic E-state index is -5.59. The second-order valence-electron chi connectivity index (χ2n) is 6.13. The molecule has 2 aliphatic rings. The number of fused-ring (bicyclic) bond motifs is 2. The summed E-state index contributed by atoms with van der Waals surface area (Å²) in [5, 5.41) is 1.61. The van der Waals surface area contributed by atoms with Crippen molar-refractivity contribution in [3.63, 3.8) is 0 Å². The Bertz CT molecular complexity index is 708. The third-order valence-corrected chi connectivity index (χ3v) is 4.78. The minimum Gasteiger partial charge on any atom is -0.497 e. The number of methoxy groups -OCH3 is 1. The van der Waals surface area contributed by atoms with Gasteiger partial charge in [0.1, 0.15) is 11.3 Å². The fourth-order valence-electron chi connectivity index (χ4n) is 3.55. The van der Waals surface area contributed by atoms with Gasteiger partial charge in [-0.2, -0.15) is 26.3 Å². The molecule has 0 aromatic heterocycles. The monoisotopic (exact) mass is 365 g/mol. The van der Waals surface area contributed by atoms with E-state index in [0.717, 1.165) is 12.2 Å². The van der Waals surface area contributed by atoms with Gasteiger partial charge in [0.15, 0.2) is 5.78 Å². The molecule has 3 nitrogen and oxygen atoms in total. The molecule has 1 fully saturated rings. The van der Waals surface area contributed by atoms with Gasteiger partial charge in [-0.15, -0.1) is 0 Å². The Kier molecular flexibility index (Phi) is 3.72. The van der Waals surface area contributed by atoms with Crippen molar-refractivity contribution in [3.05, 3.63) is 42.0 Å². The fourth-order valence-corrected chi connectivity index (χ4v) is 3.55. The van der Waals surface area contributed by atoms with E-state index >= 15 is 0 Å². The normalized spacial score (nSPS) is 27.6. The summed E-state index contributed by atoms with van der Waals surface area (Å²) in [6.45, 7) is 0. The molecule has 1 saturated heterocycles. The number of halogens is 6. The zero-order valence-corrected chi connectivity index (χ0v) is 12.8. The standard InChI is InChI=1S/C16H13F6NO2/c1-25-11-4-2-9(3-5-11)12(24)13-7-6-10(8-13)14(23-13,15(17,18)19)16(20,21)22/h2-7,10,23H,8H2,1H3. The average molecular weight is 365 g/mol. The summed E-state index contributed by atoms with van der Waals surface area (Å²) in [6, 6.07) is 5.44. The van der Waals surface area contributed by atoms with E-state index in [0.29, 0.717) is 5.75 Å². The van der Waals surface area contributed by atoms with E-state index in [9.17, 15) is 31.1 Å². The smallest absolute Gasteiger partial charge is 0.416 e. The maximum Gasteiger partial charge on any atom is 0.416 e. The lowest BCUT2D eigenvalue weighted by Gasteiger charge is -2.41. The zero-order chi connectivity index (χ0) is 18.7. The Balaban J connectivity index is 2.01. The number of benzene rings is 1. The average Bonchev–Trinajstić information content (AvgIpc) is 3.11. The van der Waals surface area contributed by atoms with E-state index in [1.807, 2.05) is 0 Å². The van der Waals surface area contributed by atoms with Gasteiger partial charge in [-0.25, -0.2) is 0 Å². The van der Waals surface area contributed by atoms with Crippen molar-refractivity contribution in [1.29, 1.82) is 0 Å². The van der Waals surface area contributed by atoms with E-state index in [1.165, 1.54) is 31.4 Å². The van der Waals surface area contributed by atoms with Gasteiger partial charge in [-0.1, -0.05) is 12.2 Å². The van der Waals surface area contributed by atoms with Crippen LogP contribution < -0.4 is 10.1 Å². The first-order valence-corrected chi connectivity index (χ1v) is 7.28. The van der Waals surface area contributed by atoms with Crippen molar-refractivity contribution < 1.29 is 35.9 Å². The molecule has 1 aliphatic heterocycles. The zero-order valence-electron chi connectivity index (χ0n) is 12.8. The molecule has 1 aromatic carbocycles. The number of Topliss-reactive ketones (excluding diaryl/α,β-unsaturated/α-hetero) is 1. The highest BCUT2D eigenvalue weighted by Gasteiger charge is 2.80. The molecule has 0 amide bonds. The molecule has 0 radical (unpaired) electrons. The van der Waals surface area contributed by atoms with Crippen molar-refractivity contribution in [2.24, 2.45) is 5.92 Å². The number of nitrogens with one attached hydrogen (secondary N) is 1. The number of hydrogen-bond donors (Lipinski definition) is 1. The Morgan fingerprint density at radius 3 is 2.12 bits per heavy atom. The molecule has 2 unspecified atom stereocenters. The van der Waals surface area contributed by atoms with Crippen LogP contribution in [0.4, 0.5) is 26.3 Å². The van der Waals surface area contributed by atoms with Gasteiger partial charge >= 0.3 is 12.4 Å². The van der Waals surface area contributed by atoms with Gasteiger partial charge in [-0.05, 0) is 30.7 Å². The second kappa shape index (κ2) is 5.23. The number of ketones is 1. The van der Waals surface area contributed by atoms with Gasteiger partial charge in [0.2, 0.25) is 5.54 Å². The molecule has 1 aromatic rings. The van der Waals surface area contributed by atoms with E-state index in [1.54, 1.807) is 5.32 Å². The molecule has 0 spiro atoms. The summed E-state index contributed by atoms with van der Waals surface area (Å²) in [5.41, 5.74) is -6.17. The Hall–Kier alpha value is -2.03. The second-order valence-corrected chi connectivity index (χ2v) is 6.13. The van der Waals surface area contributed by atoms with Gasteiger partial charge < -0.3 is 4.74 Å². The van der Waals surface area contributed by atoms with E-state index < -0.39 is 41.6 Å². The quantitative estimate of drug-likeness (QED) is 0.505. The molecular formula is C16H13F6NO2. The van der Waals surface area contributed by atoms with E-state index in [2.05, 4.69) is 0 Å². The van der Waals surface area contributed by atoms with Crippen LogP contribution in [0, 0.1) is 5.92 Å². The lowest BCUT2D eigenvalue weighted by atomic mass is 9.84. The highest BCUT2D eigenvalue weighted by atomic mass is 19.4. The SMILES string of the molecule is COc1ccc(C(=O)C23C=CC(C2)C(C(F)(F)F)(C(F)(F)F)N3)cc1. The molecule has 2 atom stereocenters. The van der Waals surface area contributed by atoms with Crippen LogP contribution in [0.5, 0.6) is 5.75 Å². The van der Waals surface area contributed by atoms with Crippen molar-refractivity contribution in [2.75, 3.05) is 7.11 Å². The Labute approximate surface area is 138 Å². The summed E-state index contributed by atoms with van der Waals surface area (Å²) in [7, 11) is 1.39. The molecule has 3 rings (SSSR count). The number of ether oxygens (including phenoxy) is 1. The van der Waals surface area contributed by atoms with Crippen LogP contribution in [0.3, 0.4) is 0 Å². The van der Waals surface area contributed by atoms with Gasteiger partial charge in [-0.3, -0.25) is 10.1 Å². The fraction of sp³-hybridized carbons (Fsp3) is 0.438. The van der Waals surface area contributed by atoms with Crippen LogP contribution >= 0.6 is 0 Å². The molecule has 1 heterocycles. The minimum absolute atomic E-state index is 0.00116. The highest BCUT2D eigenvalue weighted by Crippen LogP contribution is 2.58. The van der Waals surface area contributed by atoms with Crippen LogP contribution in [0.1, 0.15) is 16.8 Å². The lowest BCUT2D eigenvalue weighted by molar-refractivity contribution is -0.312. The molecule has 25 heavy (non-hydrogen) atoms. The maximum atomic E-state index is 13.4. The lowest BCUT2D eigenvalue weighted by Crippen LogP contribution is -2.70. The molecule has 136 valence electrons. The number of rotatable bonds is 3. The van der Waals surface area contributed by atoms with Gasteiger partial charge in [0, 0.05) is 11.5 Å². The van der Waals surface area contributed by atoms with Gasteiger partial charge in [0.05, 0.1) is 7.11 Å². The largest absolute Gasteiger partial charge is 0.497 e. The first-order valence-electron chi connectivity index (χ1n) is 7.28. The Morgan fingerprint density at radius 2 is 1.68 bits per heavy atom. The molecule has 1 N–H and O–H groups in total. The summed E-state index contributed by atoms with van der Waals surface area (Å²) in [4.78, 5) is 12.7. The molecule has 2 bridgehead atoms. The molecular weight excluding hydrogens is 352 g/mol. The maximum absolute atomic E-state index is 13.4. The first kappa shape index (κ1) is 17.8. The summed E-state index contributed by atoms with van der Waals surface area (Å²) < 4.78 is 85.1. The topological polar surface area (TPSA) is 38.3 Å². The van der Waals surface area contributed by atoms with Crippen LogP contribution in [0.15, 0.2) is 36.4 Å². The van der Waals surface area contributed by atoms with Crippen molar-refractivity contribution >= 4 is 5.78 Å². The summed E-state index contributed by atoms with van der Waals surface area (Å²) in [5.74, 6) is -2.33. The predicted octanol–water partition coefficient (Wildman–Crippen LogP) is 3.66. The van der Waals surface area contributed by atoms with Crippen LogP contribution in [0.2, 0.25) is 0 Å². The predicted molar refractivity (Wildman–Crippen MR) is 75.3 cm³/mol. The van der Waals surface area contributed by atoms with Crippen molar-refractivity contribution in [3.8, 4) is 5.75 Å². The van der Waals surface area contributed by atoms with Crippen LogP contribution in [0.25, 0.3) is 0 Å². The number of carbonyl (C=O) groups is 1. The summed E-state index contributed by atoms with van der Waals surface area (Å²) >= 11 is 0. The first-order chi connectivity index (χ1) is 11.5. The highest BCUT2D eigenvalue weighted by molar-refractivity contribution is 6.05. The van der Waals surface area contributed by atoms with Gasteiger partial charge in [0.25, 0.3) is 0 Å². The summed E-state index contributed by atoms with van der Waals surface area (Å²) in [6.07, 6.45) is -9.86. The molecule has 9 heteroatoms. The van der Waals surface area contributed by atoms with E-state index in [-0.39, 0.29) is 5.56 Å². The third kappa shape index (κ3) is 2.36.